The largest absolute Gasteiger partial charge is 0.0843 e. The van der Waals surface area contributed by atoms with Crippen LogP contribution in [-0.4, -0.2) is 0 Å². The van der Waals surface area contributed by atoms with Crippen LogP contribution in [0.2, 0.25) is 10.0 Å². The molecule has 0 spiro atoms. The summed E-state index contributed by atoms with van der Waals surface area (Å²) >= 11 is 12.2. The summed E-state index contributed by atoms with van der Waals surface area (Å²) < 4.78 is 0. The first-order valence-corrected chi connectivity index (χ1v) is 6.23. The van der Waals surface area contributed by atoms with Crippen LogP contribution in [0.4, 0.5) is 0 Å². The van der Waals surface area contributed by atoms with E-state index in [1.54, 1.807) is 0 Å². The fourth-order valence-electron chi connectivity index (χ4n) is 2.17. The van der Waals surface area contributed by atoms with E-state index in [2.05, 4.69) is 36.5 Å². The molecule has 1 atom stereocenters. The van der Waals surface area contributed by atoms with Gasteiger partial charge in [0, 0.05) is 16.0 Å². The summed E-state index contributed by atoms with van der Waals surface area (Å²) in [5.74, 6) is 0.205. The van der Waals surface area contributed by atoms with Gasteiger partial charge in [0.1, 0.15) is 0 Å². The van der Waals surface area contributed by atoms with Crippen molar-refractivity contribution < 1.29 is 0 Å². The molecular weight excluding hydrogens is 251 g/mol. The van der Waals surface area contributed by atoms with Gasteiger partial charge in [0.2, 0.25) is 0 Å². The third-order valence-corrected chi connectivity index (χ3v) is 3.62. The molecular formula is C15H10Cl2. The molecule has 17 heavy (non-hydrogen) atoms. The molecule has 1 aromatic rings. The molecule has 1 aromatic carbocycles. The zero-order chi connectivity index (χ0) is 11.8. The van der Waals surface area contributed by atoms with Crippen molar-refractivity contribution in [1.82, 2.24) is 0 Å². The molecule has 0 nitrogen and oxygen atoms in total. The van der Waals surface area contributed by atoms with Gasteiger partial charge in [-0.25, -0.2) is 0 Å². The number of allylic oxidation sites excluding steroid dienone is 8. The lowest BCUT2D eigenvalue weighted by Gasteiger charge is -2.16. The van der Waals surface area contributed by atoms with Crippen molar-refractivity contribution in [2.24, 2.45) is 0 Å². The van der Waals surface area contributed by atoms with E-state index >= 15 is 0 Å². The summed E-state index contributed by atoms with van der Waals surface area (Å²) in [7, 11) is 0. The van der Waals surface area contributed by atoms with Gasteiger partial charge >= 0.3 is 0 Å². The van der Waals surface area contributed by atoms with Gasteiger partial charge in [-0.15, -0.1) is 0 Å². The maximum Gasteiger partial charge on any atom is 0.0448 e. The first kappa shape index (κ1) is 10.9. The maximum absolute atomic E-state index is 6.22. The van der Waals surface area contributed by atoms with Gasteiger partial charge in [0.05, 0.1) is 0 Å². The van der Waals surface area contributed by atoms with Gasteiger partial charge in [0.15, 0.2) is 0 Å². The van der Waals surface area contributed by atoms with E-state index in [1.165, 1.54) is 11.1 Å². The molecule has 0 saturated carbocycles. The third kappa shape index (κ3) is 1.99. The minimum absolute atomic E-state index is 0.205. The summed E-state index contributed by atoms with van der Waals surface area (Å²) in [6, 6.07) is 5.60. The Morgan fingerprint density at radius 1 is 1.00 bits per heavy atom. The molecule has 2 heteroatoms. The lowest BCUT2D eigenvalue weighted by Crippen LogP contribution is -1.99. The van der Waals surface area contributed by atoms with Crippen molar-refractivity contribution in [3.05, 3.63) is 81.4 Å². The summed E-state index contributed by atoms with van der Waals surface area (Å²) in [5.41, 5.74) is 3.58. The highest BCUT2D eigenvalue weighted by Gasteiger charge is 2.16. The van der Waals surface area contributed by atoms with Crippen LogP contribution in [0.3, 0.4) is 0 Å². The molecule has 0 saturated heterocycles. The Kier molecular flexibility index (Phi) is 2.70. The monoisotopic (exact) mass is 260 g/mol. The number of halogens is 2. The molecule has 2 aliphatic carbocycles. The Balaban J connectivity index is 2.04. The van der Waals surface area contributed by atoms with Crippen molar-refractivity contribution in [3.63, 3.8) is 0 Å². The molecule has 0 amide bonds. The number of hydrogen-bond donors (Lipinski definition) is 0. The normalized spacial score (nSPS) is 21.2. The third-order valence-electron chi connectivity index (χ3n) is 3.04. The molecule has 0 aliphatic heterocycles. The Hall–Kier alpha value is -1.24. The second-order valence-corrected chi connectivity index (χ2v) is 5.00. The van der Waals surface area contributed by atoms with Gasteiger partial charge in [-0.05, 0) is 34.9 Å². The summed E-state index contributed by atoms with van der Waals surface area (Å²) in [4.78, 5) is 0. The van der Waals surface area contributed by atoms with Crippen molar-refractivity contribution >= 4 is 23.2 Å². The van der Waals surface area contributed by atoms with Gasteiger partial charge in [-0.3, -0.25) is 0 Å². The molecule has 2 aliphatic rings. The zero-order valence-corrected chi connectivity index (χ0v) is 10.5. The minimum Gasteiger partial charge on any atom is -0.0843 e. The van der Waals surface area contributed by atoms with Crippen LogP contribution in [0.15, 0.2) is 65.8 Å². The van der Waals surface area contributed by atoms with Crippen LogP contribution in [-0.2, 0) is 0 Å². The number of rotatable bonds is 1. The van der Waals surface area contributed by atoms with Crippen LogP contribution < -0.4 is 0 Å². The van der Waals surface area contributed by atoms with Crippen LogP contribution in [0.1, 0.15) is 11.5 Å². The van der Waals surface area contributed by atoms with Gasteiger partial charge in [0.25, 0.3) is 0 Å². The van der Waals surface area contributed by atoms with E-state index < -0.39 is 0 Å². The van der Waals surface area contributed by atoms with Gasteiger partial charge in [-0.2, -0.15) is 0 Å². The van der Waals surface area contributed by atoms with Crippen molar-refractivity contribution in [1.29, 1.82) is 0 Å². The molecule has 84 valence electrons. The molecule has 3 rings (SSSR count). The molecule has 0 aromatic heterocycles. The molecule has 1 unspecified atom stereocenters. The number of benzene rings is 1. The average molecular weight is 261 g/mol. The molecule has 0 heterocycles. The SMILES string of the molecule is Clc1ccc(Cl)c(C2C=CC3=CC=CC3=C2)c1. The van der Waals surface area contributed by atoms with E-state index in [0.29, 0.717) is 0 Å². The lowest BCUT2D eigenvalue weighted by molar-refractivity contribution is 1.06. The van der Waals surface area contributed by atoms with Crippen LogP contribution in [0.5, 0.6) is 0 Å². The maximum atomic E-state index is 6.22. The Bertz CT molecular complexity index is 589. The summed E-state index contributed by atoms with van der Waals surface area (Å²) in [5, 5.41) is 1.48. The van der Waals surface area contributed by atoms with Crippen LogP contribution >= 0.6 is 23.2 Å². The predicted molar refractivity (Wildman–Crippen MR) is 73.6 cm³/mol. The highest BCUT2D eigenvalue weighted by Crippen LogP contribution is 2.35. The van der Waals surface area contributed by atoms with Gasteiger partial charge < -0.3 is 0 Å². The van der Waals surface area contributed by atoms with E-state index in [1.807, 2.05) is 18.2 Å². The second kappa shape index (κ2) is 4.21. The first-order chi connectivity index (χ1) is 8.24. The van der Waals surface area contributed by atoms with E-state index in [0.717, 1.165) is 15.6 Å². The van der Waals surface area contributed by atoms with E-state index in [4.69, 9.17) is 23.2 Å². The Morgan fingerprint density at radius 2 is 1.88 bits per heavy atom. The molecule has 0 radical (unpaired) electrons. The first-order valence-electron chi connectivity index (χ1n) is 5.48. The Morgan fingerprint density at radius 3 is 2.76 bits per heavy atom. The summed E-state index contributed by atoms with van der Waals surface area (Å²) in [6.45, 7) is 0. The topological polar surface area (TPSA) is 0 Å². The smallest absolute Gasteiger partial charge is 0.0448 e. The molecule has 0 fully saturated rings. The minimum atomic E-state index is 0.205. The van der Waals surface area contributed by atoms with Crippen molar-refractivity contribution in [2.45, 2.75) is 5.92 Å². The quantitative estimate of drug-likeness (QED) is 0.662. The highest BCUT2D eigenvalue weighted by atomic mass is 35.5. The molecule has 0 bridgehead atoms. The Labute approximate surface area is 111 Å². The standard InChI is InChI=1S/C15H10Cl2/c16-13-6-7-15(17)14(9-13)12-5-4-10-2-1-3-11(10)8-12/h1-9,12H. The zero-order valence-electron chi connectivity index (χ0n) is 9.03. The lowest BCUT2D eigenvalue weighted by atomic mass is 9.89. The highest BCUT2D eigenvalue weighted by molar-refractivity contribution is 6.33. The summed E-state index contributed by atoms with van der Waals surface area (Å²) in [6.07, 6.45) is 12.8. The fourth-order valence-corrected chi connectivity index (χ4v) is 2.60. The fraction of sp³-hybridized carbons (Fsp3) is 0.0667. The average Bonchev–Trinajstić information content (AvgIpc) is 2.79. The van der Waals surface area contributed by atoms with Crippen molar-refractivity contribution in [3.8, 4) is 0 Å². The van der Waals surface area contributed by atoms with Crippen molar-refractivity contribution in [2.75, 3.05) is 0 Å². The van der Waals surface area contributed by atoms with Gasteiger partial charge in [-0.1, -0.05) is 59.7 Å². The van der Waals surface area contributed by atoms with Crippen LogP contribution in [0.25, 0.3) is 0 Å². The predicted octanol–water partition coefficient (Wildman–Crippen LogP) is 5.07. The number of fused-ring (bicyclic) bond motifs is 1. The number of hydrogen-bond acceptors (Lipinski definition) is 0. The molecule has 0 N–H and O–H groups in total. The van der Waals surface area contributed by atoms with E-state index in [9.17, 15) is 0 Å². The van der Waals surface area contributed by atoms with E-state index in [-0.39, 0.29) is 5.92 Å². The second-order valence-electron chi connectivity index (χ2n) is 4.15. The van der Waals surface area contributed by atoms with Crippen LogP contribution in [0, 0.1) is 0 Å².